The molecule has 0 aliphatic heterocycles. The Morgan fingerprint density at radius 3 is 2.30 bits per heavy atom. The van der Waals surface area contributed by atoms with Crippen molar-refractivity contribution in [3.05, 3.63) is 42.0 Å². The second kappa shape index (κ2) is 6.16. The van der Waals surface area contributed by atoms with Gasteiger partial charge in [-0.2, -0.15) is 0 Å². The van der Waals surface area contributed by atoms with E-state index in [1.54, 1.807) is 50.6 Å². The Bertz CT molecular complexity index is 598. The molecular weight excluding hydrogens is 258 g/mol. The van der Waals surface area contributed by atoms with Crippen LogP contribution in [0, 0.1) is 0 Å². The van der Waals surface area contributed by atoms with E-state index in [0.29, 0.717) is 28.7 Å². The Morgan fingerprint density at radius 2 is 1.70 bits per heavy atom. The van der Waals surface area contributed by atoms with Crippen molar-refractivity contribution in [1.82, 2.24) is 0 Å². The summed E-state index contributed by atoms with van der Waals surface area (Å²) in [4.78, 5) is 0. The lowest BCUT2D eigenvalue weighted by Crippen LogP contribution is -1.96. The van der Waals surface area contributed by atoms with Crippen LogP contribution in [-0.4, -0.2) is 19.3 Å². The Balaban J connectivity index is 2.29. The van der Waals surface area contributed by atoms with Crippen molar-refractivity contribution in [3.8, 4) is 23.0 Å². The van der Waals surface area contributed by atoms with Crippen LogP contribution < -0.4 is 19.9 Å². The van der Waals surface area contributed by atoms with E-state index in [4.69, 9.17) is 25.1 Å². The molecule has 0 aromatic heterocycles. The first-order chi connectivity index (χ1) is 9.67. The maximum atomic E-state index is 9.11. The number of nitrogen functional groups attached to an aromatic ring is 1. The number of methoxy groups -OCH3 is 2. The summed E-state index contributed by atoms with van der Waals surface area (Å²) in [6, 6.07) is 10.4. The topological polar surface area (TPSA) is 73.9 Å². The van der Waals surface area contributed by atoms with Crippen LogP contribution in [0.3, 0.4) is 0 Å². The molecule has 2 aromatic carbocycles. The molecule has 3 N–H and O–H groups in total. The summed E-state index contributed by atoms with van der Waals surface area (Å²) in [6.07, 6.45) is 0. The van der Waals surface area contributed by atoms with Crippen molar-refractivity contribution in [1.29, 1.82) is 0 Å². The van der Waals surface area contributed by atoms with E-state index in [-0.39, 0.29) is 6.61 Å². The minimum absolute atomic E-state index is 0.0543. The molecule has 5 nitrogen and oxygen atoms in total. The normalized spacial score (nSPS) is 10.2. The van der Waals surface area contributed by atoms with Gasteiger partial charge in [-0.05, 0) is 29.8 Å². The second-order valence-corrected chi connectivity index (χ2v) is 4.15. The lowest BCUT2D eigenvalue weighted by Gasteiger charge is -2.13. The molecule has 0 fully saturated rings. The van der Waals surface area contributed by atoms with Crippen molar-refractivity contribution in [2.45, 2.75) is 6.61 Å². The number of hydrogen-bond donors (Lipinski definition) is 2. The Labute approximate surface area is 117 Å². The standard InChI is InChI=1S/C15H17NO4/c1-18-11-4-6-13(12(16)8-11)20-14-5-3-10(9-17)7-15(14)19-2/h3-8,17H,9,16H2,1-2H3. The zero-order chi connectivity index (χ0) is 14.5. The van der Waals surface area contributed by atoms with E-state index in [2.05, 4.69) is 0 Å². The van der Waals surface area contributed by atoms with Crippen molar-refractivity contribution >= 4 is 5.69 Å². The molecule has 0 amide bonds. The molecular formula is C15H17NO4. The predicted molar refractivity (Wildman–Crippen MR) is 76.4 cm³/mol. The van der Waals surface area contributed by atoms with Gasteiger partial charge in [0.25, 0.3) is 0 Å². The van der Waals surface area contributed by atoms with Crippen LogP contribution in [0.5, 0.6) is 23.0 Å². The summed E-state index contributed by atoms with van der Waals surface area (Å²) in [5.41, 5.74) is 7.12. The first-order valence-corrected chi connectivity index (χ1v) is 6.07. The van der Waals surface area contributed by atoms with Gasteiger partial charge in [0.2, 0.25) is 0 Å². The number of benzene rings is 2. The summed E-state index contributed by atoms with van der Waals surface area (Å²) >= 11 is 0. The molecule has 0 heterocycles. The van der Waals surface area contributed by atoms with Gasteiger partial charge in [-0.15, -0.1) is 0 Å². The van der Waals surface area contributed by atoms with Crippen LogP contribution in [0.1, 0.15) is 5.56 Å². The van der Waals surface area contributed by atoms with E-state index in [0.717, 1.165) is 5.56 Å². The van der Waals surface area contributed by atoms with E-state index >= 15 is 0 Å². The van der Waals surface area contributed by atoms with E-state index in [1.165, 1.54) is 0 Å². The van der Waals surface area contributed by atoms with Crippen LogP contribution >= 0.6 is 0 Å². The molecule has 0 atom stereocenters. The molecule has 0 unspecified atom stereocenters. The van der Waals surface area contributed by atoms with Crippen molar-refractivity contribution < 1.29 is 19.3 Å². The minimum Gasteiger partial charge on any atom is -0.497 e. The van der Waals surface area contributed by atoms with Gasteiger partial charge in [-0.25, -0.2) is 0 Å². The van der Waals surface area contributed by atoms with E-state index < -0.39 is 0 Å². The largest absolute Gasteiger partial charge is 0.497 e. The first-order valence-electron chi connectivity index (χ1n) is 6.07. The molecule has 106 valence electrons. The third kappa shape index (κ3) is 2.95. The lowest BCUT2D eigenvalue weighted by molar-refractivity contribution is 0.280. The fraction of sp³-hybridized carbons (Fsp3) is 0.200. The quantitative estimate of drug-likeness (QED) is 0.820. The molecule has 20 heavy (non-hydrogen) atoms. The molecule has 0 aliphatic rings. The van der Waals surface area contributed by atoms with Crippen LogP contribution in [0.4, 0.5) is 5.69 Å². The third-order valence-corrected chi connectivity index (χ3v) is 2.85. The zero-order valence-electron chi connectivity index (χ0n) is 11.4. The average molecular weight is 275 g/mol. The monoisotopic (exact) mass is 275 g/mol. The van der Waals surface area contributed by atoms with Crippen LogP contribution in [0.15, 0.2) is 36.4 Å². The maximum absolute atomic E-state index is 9.11. The summed E-state index contributed by atoms with van der Waals surface area (Å²) in [7, 11) is 3.12. The molecule has 0 saturated carbocycles. The highest BCUT2D eigenvalue weighted by Crippen LogP contribution is 2.36. The van der Waals surface area contributed by atoms with Crippen LogP contribution in [-0.2, 0) is 6.61 Å². The van der Waals surface area contributed by atoms with Gasteiger partial charge in [0.05, 0.1) is 26.5 Å². The number of aliphatic hydroxyl groups is 1. The SMILES string of the molecule is COc1ccc(Oc2ccc(CO)cc2OC)c(N)c1. The number of rotatable bonds is 5. The summed E-state index contributed by atoms with van der Waals surface area (Å²) in [6.45, 7) is -0.0543. The molecule has 0 radical (unpaired) electrons. The van der Waals surface area contributed by atoms with Gasteiger partial charge < -0.3 is 25.1 Å². The molecule has 0 bridgehead atoms. The van der Waals surface area contributed by atoms with Gasteiger partial charge in [-0.3, -0.25) is 0 Å². The highest BCUT2D eigenvalue weighted by molar-refractivity contribution is 5.58. The van der Waals surface area contributed by atoms with E-state index in [1.807, 2.05) is 0 Å². The van der Waals surface area contributed by atoms with Gasteiger partial charge in [0, 0.05) is 6.07 Å². The number of anilines is 1. The molecule has 2 aromatic rings. The number of hydrogen-bond acceptors (Lipinski definition) is 5. The lowest BCUT2D eigenvalue weighted by atomic mass is 10.2. The van der Waals surface area contributed by atoms with Crippen molar-refractivity contribution in [2.75, 3.05) is 20.0 Å². The smallest absolute Gasteiger partial charge is 0.169 e. The second-order valence-electron chi connectivity index (χ2n) is 4.15. The molecule has 2 rings (SSSR count). The average Bonchev–Trinajstić information content (AvgIpc) is 2.49. The zero-order valence-corrected chi connectivity index (χ0v) is 11.4. The molecule has 5 heteroatoms. The highest BCUT2D eigenvalue weighted by Gasteiger charge is 2.09. The fourth-order valence-corrected chi connectivity index (χ4v) is 1.76. The Hall–Kier alpha value is -2.40. The molecule has 0 aliphatic carbocycles. The third-order valence-electron chi connectivity index (χ3n) is 2.85. The van der Waals surface area contributed by atoms with Crippen molar-refractivity contribution in [3.63, 3.8) is 0 Å². The van der Waals surface area contributed by atoms with Gasteiger partial charge in [0.1, 0.15) is 5.75 Å². The summed E-state index contributed by atoms with van der Waals surface area (Å²) < 4.78 is 16.1. The highest BCUT2D eigenvalue weighted by atomic mass is 16.5. The van der Waals surface area contributed by atoms with Crippen molar-refractivity contribution in [2.24, 2.45) is 0 Å². The number of ether oxygens (including phenoxy) is 3. The van der Waals surface area contributed by atoms with Gasteiger partial charge >= 0.3 is 0 Å². The van der Waals surface area contributed by atoms with Gasteiger partial charge in [-0.1, -0.05) is 6.07 Å². The number of aliphatic hydroxyl groups excluding tert-OH is 1. The summed E-state index contributed by atoms with van der Waals surface area (Å²) in [5, 5.41) is 9.11. The fourth-order valence-electron chi connectivity index (χ4n) is 1.76. The number of nitrogens with two attached hydrogens (primary N) is 1. The molecule has 0 spiro atoms. The predicted octanol–water partition coefficient (Wildman–Crippen LogP) is 2.57. The summed E-state index contributed by atoms with van der Waals surface area (Å²) in [5.74, 6) is 2.24. The van der Waals surface area contributed by atoms with E-state index in [9.17, 15) is 0 Å². The van der Waals surface area contributed by atoms with Gasteiger partial charge in [0.15, 0.2) is 17.2 Å². The molecule has 0 saturated heterocycles. The maximum Gasteiger partial charge on any atom is 0.169 e. The minimum atomic E-state index is -0.0543. The first kappa shape index (κ1) is 14.0. The van der Waals surface area contributed by atoms with Crippen LogP contribution in [0.2, 0.25) is 0 Å². The van der Waals surface area contributed by atoms with Crippen LogP contribution in [0.25, 0.3) is 0 Å². The Morgan fingerprint density at radius 1 is 0.950 bits per heavy atom. The Kier molecular flexibility index (Phi) is 4.32.